The fourth-order valence-corrected chi connectivity index (χ4v) is 1.83. The normalized spacial score (nSPS) is 10.1. The summed E-state index contributed by atoms with van der Waals surface area (Å²) in [4.78, 5) is 10.8. The van der Waals surface area contributed by atoms with Crippen LogP contribution in [0.3, 0.4) is 0 Å². The Balaban J connectivity index is 3.15. The number of nitriles is 2. The Morgan fingerprint density at radius 3 is 2.38 bits per heavy atom. The predicted octanol–water partition coefficient (Wildman–Crippen LogP) is 2.21. The van der Waals surface area contributed by atoms with Crippen molar-refractivity contribution in [1.29, 1.82) is 10.5 Å². The van der Waals surface area contributed by atoms with Crippen LogP contribution in [-0.4, -0.2) is 17.1 Å². The summed E-state index contributed by atoms with van der Waals surface area (Å²) in [7, 11) is 0. The highest BCUT2D eigenvalue weighted by Gasteiger charge is 2.29. The van der Waals surface area contributed by atoms with Gasteiger partial charge in [-0.05, 0) is 30.0 Å². The number of hydrazone groups is 1. The summed E-state index contributed by atoms with van der Waals surface area (Å²) >= 11 is -0.434. The van der Waals surface area contributed by atoms with E-state index >= 15 is 0 Å². The highest BCUT2D eigenvalue weighted by atomic mass is 32.2. The third kappa shape index (κ3) is 5.42. The summed E-state index contributed by atoms with van der Waals surface area (Å²) in [6.07, 6.45) is 0. The number of hydrogen-bond acceptors (Lipinski definition) is 6. The monoisotopic (exact) mass is 313 g/mol. The minimum atomic E-state index is -4.54. The fourth-order valence-electron chi connectivity index (χ4n) is 1.19. The lowest BCUT2D eigenvalue weighted by atomic mass is 10.2. The molecule has 0 aliphatic heterocycles. The van der Waals surface area contributed by atoms with Gasteiger partial charge in [-0.1, -0.05) is 0 Å². The van der Waals surface area contributed by atoms with Crippen molar-refractivity contribution in [3.63, 3.8) is 0 Å². The van der Waals surface area contributed by atoms with Crippen molar-refractivity contribution in [3.8, 4) is 12.1 Å². The minimum absolute atomic E-state index is 0.0129. The van der Waals surface area contributed by atoms with Crippen LogP contribution in [0.5, 0.6) is 0 Å². The number of alkyl halides is 3. The molecule has 0 saturated carbocycles. The van der Waals surface area contributed by atoms with E-state index in [1.165, 1.54) is 12.1 Å². The van der Waals surface area contributed by atoms with E-state index in [0.717, 1.165) is 18.2 Å². The molecule has 21 heavy (non-hydrogen) atoms. The Morgan fingerprint density at radius 2 is 1.90 bits per heavy atom. The summed E-state index contributed by atoms with van der Waals surface area (Å²) < 4.78 is 37.0. The highest BCUT2D eigenvalue weighted by Crippen LogP contribution is 2.38. The average molecular weight is 313 g/mol. The van der Waals surface area contributed by atoms with Crippen LogP contribution in [0.15, 0.2) is 28.2 Å². The van der Waals surface area contributed by atoms with Crippen molar-refractivity contribution in [1.82, 2.24) is 0 Å². The molecule has 3 N–H and O–H groups in total. The number of nitrogens with one attached hydrogen (secondary N) is 1. The number of nitrogens with zero attached hydrogens (tertiary/aromatic N) is 3. The number of rotatable bonds is 4. The second-order valence-corrected chi connectivity index (χ2v) is 4.59. The molecule has 0 unspecified atom stereocenters. The maximum atomic E-state index is 12.3. The SMILES string of the molecule is N#CC(C#N)=NNc1cc(SC(F)(F)F)cc(C(N)=O)c1. The first-order chi connectivity index (χ1) is 9.75. The van der Waals surface area contributed by atoms with Crippen LogP contribution in [0.4, 0.5) is 18.9 Å². The molecule has 1 amide bonds. The smallest absolute Gasteiger partial charge is 0.366 e. The summed E-state index contributed by atoms with van der Waals surface area (Å²) in [5, 5.41) is 20.3. The highest BCUT2D eigenvalue weighted by molar-refractivity contribution is 8.00. The van der Waals surface area contributed by atoms with E-state index in [1.807, 2.05) is 0 Å². The van der Waals surface area contributed by atoms with E-state index < -0.39 is 28.9 Å². The summed E-state index contributed by atoms with van der Waals surface area (Å²) in [5.41, 5.74) is 2.00. The molecule has 0 aliphatic rings. The Bertz CT molecular complexity index is 656. The molecular weight excluding hydrogens is 307 g/mol. The number of anilines is 1. The Morgan fingerprint density at radius 1 is 1.29 bits per heavy atom. The van der Waals surface area contributed by atoms with E-state index in [0.29, 0.717) is 0 Å². The lowest BCUT2D eigenvalue weighted by molar-refractivity contribution is -0.0328. The Labute approximate surface area is 121 Å². The number of halogens is 3. The molecule has 1 rings (SSSR count). The largest absolute Gasteiger partial charge is 0.446 e. The van der Waals surface area contributed by atoms with Crippen molar-refractivity contribution in [2.75, 3.05) is 5.43 Å². The van der Waals surface area contributed by atoms with Gasteiger partial charge in [-0.3, -0.25) is 10.2 Å². The first-order valence-electron chi connectivity index (χ1n) is 5.09. The zero-order chi connectivity index (χ0) is 16.0. The molecule has 10 heteroatoms. The van der Waals surface area contributed by atoms with Gasteiger partial charge in [0, 0.05) is 10.5 Å². The molecule has 0 spiro atoms. The Hall–Kier alpha value is -2.72. The summed E-state index contributed by atoms with van der Waals surface area (Å²) in [6.45, 7) is 0. The van der Waals surface area contributed by atoms with Crippen LogP contribution in [-0.2, 0) is 0 Å². The molecular formula is C11H6F3N5OS. The Kier molecular flexibility index (Phi) is 5.16. The number of carbonyl (C=O) groups excluding carboxylic acids is 1. The standard InChI is InChI=1S/C11H6F3N5OS/c12-11(13,14)21-9-2-6(10(17)20)1-7(3-9)18-19-8(4-15)5-16/h1-3,18H,(H2,17,20). The van der Waals surface area contributed by atoms with Crippen LogP contribution >= 0.6 is 11.8 Å². The van der Waals surface area contributed by atoms with Crippen molar-refractivity contribution in [3.05, 3.63) is 23.8 Å². The van der Waals surface area contributed by atoms with Gasteiger partial charge in [-0.25, -0.2) is 0 Å². The van der Waals surface area contributed by atoms with Gasteiger partial charge in [0.2, 0.25) is 11.6 Å². The molecule has 1 aromatic carbocycles. The number of amides is 1. The van der Waals surface area contributed by atoms with Crippen molar-refractivity contribution >= 4 is 29.1 Å². The number of thioether (sulfide) groups is 1. The summed E-state index contributed by atoms with van der Waals surface area (Å²) in [5.74, 6) is -0.924. The maximum absolute atomic E-state index is 12.3. The first kappa shape index (κ1) is 16.3. The van der Waals surface area contributed by atoms with Gasteiger partial charge >= 0.3 is 5.51 Å². The second-order valence-electron chi connectivity index (χ2n) is 3.45. The van der Waals surface area contributed by atoms with Gasteiger partial charge in [-0.2, -0.15) is 28.8 Å². The van der Waals surface area contributed by atoms with Crippen LogP contribution in [0, 0.1) is 22.7 Å². The topological polar surface area (TPSA) is 115 Å². The zero-order valence-corrected chi connectivity index (χ0v) is 10.9. The number of benzene rings is 1. The average Bonchev–Trinajstić information content (AvgIpc) is 2.37. The molecule has 0 aromatic heterocycles. The molecule has 108 valence electrons. The van der Waals surface area contributed by atoms with E-state index in [1.54, 1.807) is 0 Å². The first-order valence-corrected chi connectivity index (χ1v) is 5.91. The zero-order valence-electron chi connectivity index (χ0n) is 10.1. The van der Waals surface area contributed by atoms with E-state index in [2.05, 4.69) is 10.5 Å². The quantitative estimate of drug-likeness (QED) is 0.502. The van der Waals surface area contributed by atoms with Crippen LogP contribution in [0.25, 0.3) is 0 Å². The van der Waals surface area contributed by atoms with E-state index in [9.17, 15) is 18.0 Å². The lowest BCUT2D eigenvalue weighted by Crippen LogP contribution is -2.12. The van der Waals surface area contributed by atoms with Gasteiger partial charge in [0.1, 0.15) is 12.1 Å². The molecule has 0 aliphatic carbocycles. The van der Waals surface area contributed by atoms with Crippen molar-refractivity contribution < 1.29 is 18.0 Å². The van der Waals surface area contributed by atoms with Crippen molar-refractivity contribution in [2.24, 2.45) is 10.8 Å². The number of hydrogen-bond donors (Lipinski definition) is 2. The van der Waals surface area contributed by atoms with E-state index in [4.69, 9.17) is 16.3 Å². The van der Waals surface area contributed by atoms with Gasteiger partial charge in [0.05, 0.1) is 5.69 Å². The number of primary amides is 1. The molecule has 0 saturated heterocycles. The second kappa shape index (κ2) is 6.63. The van der Waals surface area contributed by atoms with Crippen LogP contribution in [0.1, 0.15) is 10.4 Å². The number of nitrogens with two attached hydrogens (primary N) is 1. The van der Waals surface area contributed by atoms with Gasteiger partial charge in [0.15, 0.2) is 0 Å². The fraction of sp³-hybridized carbons (Fsp3) is 0.0909. The molecule has 6 nitrogen and oxygen atoms in total. The molecule has 0 atom stereocenters. The van der Waals surface area contributed by atoms with Crippen molar-refractivity contribution in [2.45, 2.75) is 10.4 Å². The maximum Gasteiger partial charge on any atom is 0.446 e. The molecule has 0 radical (unpaired) electrons. The molecule has 0 fully saturated rings. The van der Waals surface area contributed by atoms with Gasteiger partial charge in [0.25, 0.3) is 0 Å². The number of carbonyl (C=O) groups is 1. The van der Waals surface area contributed by atoms with E-state index in [-0.39, 0.29) is 16.1 Å². The minimum Gasteiger partial charge on any atom is -0.366 e. The van der Waals surface area contributed by atoms with Crippen LogP contribution < -0.4 is 11.2 Å². The molecule has 0 heterocycles. The predicted molar refractivity (Wildman–Crippen MR) is 69.2 cm³/mol. The third-order valence-electron chi connectivity index (χ3n) is 1.93. The lowest BCUT2D eigenvalue weighted by Gasteiger charge is -2.09. The third-order valence-corrected chi connectivity index (χ3v) is 2.64. The van der Waals surface area contributed by atoms with Crippen LogP contribution in [0.2, 0.25) is 0 Å². The summed E-state index contributed by atoms with van der Waals surface area (Å²) in [6, 6.07) is 6.11. The van der Waals surface area contributed by atoms with Gasteiger partial charge < -0.3 is 5.73 Å². The van der Waals surface area contributed by atoms with Gasteiger partial charge in [-0.15, -0.1) is 0 Å². The molecule has 1 aromatic rings. The molecule has 0 bridgehead atoms.